The van der Waals surface area contributed by atoms with Crippen molar-refractivity contribution in [2.75, 3.05) is 32.2 Å². The van der Waals surface area contributed by atoms with E-state index in [1.54, 1.807) is 18.4 Å². The summed E-state index contributed by atoms with van der Waals surface area (Å²) in [4.78, 5) is 6.77. The minimum atomic E-state index is -0.278. The van der Waals surface area contributed by atoms with Crippen LogP contribution in [0.3, 0.4) is 0 Å². The predicted molar refractivity (Wildman–Crippen MR) is 80.0 cm³/mol. The monoisotopic (exact) mass is 300 g/mol. The van der Waals surface area contributed by atoms with Crippen molar-refractivity contribution in [3.8, 4) is 0 Å². The van der Waals surface area contributed by atoms with Gasteiger partial charge in [-0.3, -0.25) is 0 Å². The summed E-state index contributed by atoms with van der Waals surface area (Å²) >= 11 is 1.63. The Morgan fingerprint density at radius 1 is 1.50 bits per heavy atom. The fourth-order valence-corrected chi connectivity index (χ4v) is 2.99. The molecule has 20 heavy (non-hydrogen) atoms. The topological polar surface area (TPSA) is 43.8 Å². The van der Waals surface area contributed by atoms with Crippen LogP contribution in [0.5, 0.6) is 0 Å². The van der Waals surface area contributed by atoms with Gasteiger partial charge in [0.25, 0.3) is 0 Å². The zero-order valence-electron chi connectivity index (χ0n) is 12.7. The van der Waals surface area contributed by atoms with E-state index in [1.807, 2.05) is 12.3 Å². The third kappa shape index (κ3) is 3.91. The van der Waals surface area contributed by atoms with Crippen LogP contribution in [0.1, 0.15) is 38.7 Å². The van der Waals surface area contributed by atoms with Gasteiger partial charge in [-0.05, 0) is 19.3 Å². The van der Waals surface area contributed by atoms with Gasteiger partial charge in [0.15, 0.2) is 11.4 Å². The molecule has 0 N–H and O–H groups in total. The Morgan fingerprint density at radius 2 is 2.25 bits per heavy atom. The highest BCUT2D eigenvalue weighted by Crippen LogP contribution is 2.33. The Morgan fingerprint density at radius 3 is 2.85 bits per heavy atom. The van der Waals surface area contributed by atoms with Crippen LogP contribution in [0.25, 0.3) is 0 Å². The van der Waals surface area contributed by atoms with E-state index in [4.69, 9.17) is 14.2 Å². The number of ether oxygens (including phenoxy) is 3. The average Bonchev–Trinajstić information content (AvgIpc) is 2.88. The summed E-state index contributed by atoms with van der Waals surface area (Å²) < 4.78 is 16.1. The van der Waals surface area contributed by atoms with Crippen molar-refractivity contribution in [2.45, 2.75) is 39.3 Å². The van der Waals surface area contributed by atoms with Gasteiger partial charge < -0.3 is 19.1 Å². The van der Waals surface area contributed by atoms with Crippen LogP contribution < -0.4 is 4.90 Å². The lowest BCUT2D eigenvalue weighted by molar-refractivity contribution is -0.383. The van der Waals surface area contributed by atoms with Crippen LogP contribution in [0.2, 0.25) is 0 Å². The Balaban J connectivity index is 1.81. The summed E-state index contributed by atoms with van der Waals surface area (Å²) in [7, 11) is 3.84. The SMILES string of the molecule is CCC(CCN(C)c1nc(C2OC(C)O2)cs1)COC. The zero-order chi connectivity index (χ0) is 14.5. The molecule has 0 saturated carbocycles. The van der Waals surface area contributed by atoms with Crippen molar-refractivity contribution in [1.29, 1.82) is 0 Å². The van der Waals surface area contributed by atoms with Gasteiger partial charge in [0, 0.05) is 32.7 Å². The Kier molecular flexibility index (Phi) is 5.77. The highest BCUT2D eigenvalue weighted by molar-refractivity contribution is 7.13. The zero-order valence-corrected chi connectivity index (χ0v) is 13.5. The van der Waals surface area contributed by atoms with E-state index in [2.05, 4.69) is 23.9 Å². The molecule has 0 amide bonds. The number of thiazole rings is 1. The van der Waals surface area contributed by atoms with Gasteiger partial charge in [0.2, 0.25) is 6.29 Å². The van der Waals surface area contributed by atoms with Crippen molar-refractivity contribution in [3.63, 3.8) is 0 Å². The Labute approximate surface area is 124 Å². The molecule has 114 valence electrons. The van der Waals surface area contributed by atoms with Gasteiger partial charge in [-0.1, -0.05) is 13.3 Å². The van der Waals surface area contributed by atoms with Crippen molar-refractivity contribution >= 4 is 16.5 Å². The molecule has 0 bridgehead atoms. The molecule has 0 aliphatic carbocycles. The quantitative estimate of drug-likeness (QED) is 0.738. The van der Waals surface area contributed by atoms with Gasteiger partial charge in [-0.2, -0.15) is 0 Å². The van der Waals surface area contributed by atoms with Gasteiger partial charge in [0.1, 0.15) is 5.69 Å². The van der Waals surface area contributed by atoms with Crippen LogP contribution in [0, 0.1) is 5.92 Å². The number of nitrogens with zero attached hydrogens (tertiary/aromatic N) is 2. The molecule has 1 fully saturated rings. The third-order valence-corrected chi connectivity index (χ3v) is 4.53. The normalized spacial score (nSPS) is 23.4. The number of hydrogen-bond acceptors (Lipinski definition) is 6. The molecule has 2 rings (SSSR count). The molecule has 0 spiro atoms. The van der Waals surface area contributed by atoms with Gasteiger partial charge in [0.05, 0.1) is 0 Å². The van der Waals surface area contributed by atoms with E-state index >= 15 is 0 Å². The molecule has 1 saturated heterocycles. The van der Waals surface area contributed by atoms with E-state index in [0.717, 1.165) is 36.8 Å². The lowest BCUT2D eigenvalue weighted by Crippen LogP contribution is -2.31. The number of anilines is 1. The van der Waals surface area contributed by atoms with Crippen molar-refractivity contribution in [1.82, 2.24) is 4.98 Å². The second-order valence-corrected chi connectivity index (χ2v) is 6.00. The Bertz CT molecular complexity index is 407. The molecule has 1 aromatic rings. The molecule has 0 radical (unpaired) electrons. The molecule has 6 heteroatoms. The van der Waals surface area contributed by atoms with Crippen molar-refractivity contribution in [3.05, 3.63) is 11.1 Å². The Hall–Kier alpha value is -0.690. The van der Waals surface area contributed by atoms with E-state index < -0.39 is 0 Å². The van der Waals surface area contributed by atoms with Crippen LogP contribution >= 0.6 is 11.3 Å². The second kappa shape index (κ2) is 7.36. The molecule has 2 heterocycles. The maximum absolute atomic E-state index is 5.45. The molecule has 1 unspecified atom stereocenters. The summed E-state index contributed by atoms with van der Waals surface area (Å²) in [6.07, 6.45) is 1.87. The lowest BCUT2D eigenvalue weighted by atomic mass is 10.0. The number of rotatable bonds is 8. The van der Waals surface area contributed by atoms with E-state index in [1.165, 1.54) is 0 Å². The maximum atomic E-state index is 5.45. The van der Waals surface area contributed by atoms with E-state index in [-0.39, 0.29) is 12.6 Å². The second-order valence-electron chi connectivity index (χ2n) is 5.17. The van der Waals surface area contributed by atoms with E-state index in [9.17, 15) is 0 Å². The lowest BCUT2D eigenvalue weighted by Gasteiger charge is -2.32. The molecular formula is C14H24N2O3S. The first-order valence-corrected chi connectivity index (χ1v) is 7.98. The van der Waals surface area contributed by atoms with Gasteiger partial charge in [-0.15, -0.1) is 11.3 Å². The first kappa shape index (κ1) is 15.7. The first-order chi connectivity index (χ1) is 9.63. The summed E-state index contributed by atoms with van der Waals surface area (Å²) in [6.45, 7) is 5.90. The first-order valence-electron chi connectivity index (χ1n) is 7.10. The molecule has 0 aromatic carbocycles. The number of methoxy groups -OCH3 is 1. The van der Waals surface area contributed by atoms with Gasteiger partial charge in [-0.25, -0.2) is 4.98 Å². The number of aromatic nitrogens is 1. The summed E-state index contributed by atoms with van der Waals surface area (Å²) in [5.74, 6) is 0.612. The van der Waals surface area contributed by atoms with Crippen molar-refractivity contribution in [2.24, 2.45) is 5.92 Å². The van der Waals surface area contributed by atoms with E-state index in [0.29, 0.717) is 5.92 Å². The van der Waals surface area contributed by atoms with Crippen LogP contribution in [-0.4, -0.2) is 38.6 Å². The number of hydrogen-bond donors (Lipinski definition) is 0. The summed E-state index contributed by atoms with van der Waals surface area (Å²) in [6, 6.07) is 0. The molecule has 5 nitrogen and oxygen atoms in total. The largest absolute Gasteiger partial charge is 0.384 e. The van der Waals surface area contributed by atoms with Crippen LogP contribution in [0.15, 0.2) is 5.38 Å². The fourth-order valence-electron chi connectivity index (χ4n) is 2.17. The predicted octanol–water partition coefficient (Wildman–Crippen LogP) is 3.03. The summed E-state index contributed by atoms with van der Waals surface area (Å²) in [5.41, 5.74) is 0.874. The van der Waals surface area contributed by atoms with Gasteiger partial charge >= 0.3 is 0 Å². The van der Waals surface area contributed by atoms with Crippen LogP contribution in [0.4, 0.5) is 5.13 Å². The summed E-state index contributed by atoms with van der Waals surface area (Å²) in [5, 5.41) is 3.02. The fraction of sp³-hybridized carbons (Fsp3) is 0.786. The van der Waals surface area contributed by atoms with Crippen molar-refractivity contribution < 1.29 is 14.2 Å². The minimum absolute atomic E-state index is 0.109. The highest BCUT2D eigenvalue weighted by atomic mass is 32.1. The highest BCUT2D eigenvalue weighted by Gasteiger charge is 2.30. The molecule has 1 aromatic heterocycles. The molecule has 1 atom stereocenters. The third-order valence-electron chi connectivity index (χ3n) is 3.56. The molecule has 1 aliphatic heterocycles. The molecule has 1 aliphatic rings. The smallest absolute Gasteiger partial charge is 0.207 e. The maximum Gasteiger partial charge on any atom is 0.207 e. The van der Waals surface area contributed by atoms with Crippen LogP contribution in [-0.2, 0) is 14.2 Å². The average molecular weight is 300 g/mol. The minimum Gasteiger partial charge on any atom is -0.384 e. The molecular weight excluding hydrogens is 276 g/mol. The standard InChI is InChI=1S/C14H24N2O3S/c1-5-11(8-17-4)6-7-16(3)14-15-12(9-20-14)13-18-10(2)19-13/h9-11,13H,5-8H2,1-4H3.